The fourth-order valence-corrected chi connectivity index (χ4v) is 2.14. The summed E-state index contributed by atoms with van der Waals surface area (Å²) in [5, 5.41) is 19.1. The van der Waals surface area contributed by atoms with E-state index in [4.69, 9.17) is 9.84 Å². The number of likely N-dealkylation sites (tertiary alicyclic amines) is 1. The second-order valence-corrected chi connectivity index (χ2v) is 6.26. The molecule has 1 heterocycles. The van der Waals surface area contributed by atoms with Crippen molar-refractivity contribution in [3.05, 3.63) is 0 Å². The summed E-state index contributed by atoms with van der Waals surface area (Å²) in [6.07, 6.45) is 1.07. The predicted octanol–water partition coefficient (Wildman–Crippen LogP) is 1.38. The number of piperidine rings is 1. The van der Waals surface area contributed by atoms with Crippen molar-refractivity contribution in [1.29, 1.82) is 0 Å². The number of hydrogen-bond donors (Lipinski definition) is 2. The van der Waals surface area contributed by atoms with E-state index in [2.05, 4.69) is 0 Å². The summed E-state index contributed by atoms with van der Waals surface area (Å²) in [5.41, 5.74) is -1.54. The minimum Gasteiger partial charge on any atom is -0.444 e. The van der Waals surface area contributed by atoms with E-state index >= 15 is 0 Å². The molecule has 0 unspecified atom stereocenters. The Morgan fingerprint density at radius 2 is 1.78 bits per heavy atom. The first-order valence-corrected chi connectivity index (χ1v) is 6.47. The van der Waals surface area contributed by atoms with Crippen LogP contribution in [0.4, 0.5) is 4.79 Å². The Labute approximate surface area is 109 Å². The minimum atomic E-state index is -1.06. The van der Waals surface area contributed by atoms with Crippen molar-refractivity contribution >= 4 is 6.09 Å². The van der Waals surface area contributed by atoms with Crippen molar-refractivity contribution in [2.45, 2.75) is 51.7 Å². The predicted molar refractivity (Wildman–Crippen MR) is 68.2 cm³/mol. The van der Waals surface area contributed by atoms with E-state index in [1.165, 1.54) is 0 Å². The quantitative estimate of drug-likeness (QED) is 0.786. The third-order valence-corrected chi connectivity index (χ3v) is 3.35. The highest BCUT2D eigenvalue weighted by Crippen LogP contribution is 2.28. The SMILES string of the molecule is CC(C)(C)OC(=O)N1CCC([C@](C)(O)CO)CC1. The zero-order chi connectivity index (χ0) is 14.0. The normalized spacial score (nSPS) is 21.6. The zero-order valence-corrected chi connectivity index (χ0v) is 11.8. The first kappa shape index (κ1) is 15.2. The molecule has 5 nitrogen and oxygen atoms in total. The van der Waals surface area contributed by atoms with Crippen molar-refractivity contribution < 1.29 is 19.7 Å². The number of amides is 1. The van der Waals surface area contributed by atoms with Gasteiger partial charge in [0.1, 0.15) is 5.60 Å². The van der Waals surface area contributed by atoms with Gasteiger partial charge in [0.25, 0.3) is 0 Å². The molecule has 0 aliphatic carbocycles. The van der Waals surface area contributed by atoms with E-state index in [9.17, 15) is 9.90 Å². The summed E-state index contributed by atoms with van der Waals surface area (Å²) in [7, 11) is 0. The Kier molecular flexibility index (Phi) is 4.61. The van der Waals surface area contributed by atoms with Crippen LogP contribution in [0.1, 0.15) is 40.5 Å². The molecule has 0 radical (unpaired) electrons. The minimum absolute atomic E-state index is 0.0289. The average Bonchev–Trinajstić information content (AvgIpc) is 2.27. The van der Waals surface area contributed by atoms with E-state index in [0.29, 0.717) is 25.9 Å². The molecule has 1 saturated heterocycles. The maximum atomic E-state index is 11.8. The maximum Gasteiger partial charge on any atom is 0.410 e. The summed E-state index contributed by atoms with van der Waals surface area (Å²) in [4.78, 5) is 13.5. The number of aliphatic hydroxyl groups excluding tert-OH is 1. The number of carbonyl (C=O) groups is 1. The molecule has 0 saturated carbocycles. The molecule has 106 valence electrons. The van der Waals surface area contributed by atoms with Crippen LogP contribution < -0.4 is 0 Å². The van der Waals surface area contributed by atoms with E-state index in [1.807, 2.05) is 20.8 Å². The Morgan fingerprint density at radius 3 is 2.17 bits per heavy atom. The third kappa shape index (κ3) is 4.14. The first-order valence-electron chi connectivity index (χ1n) is 6.47. The van der Waals surface area contributed by atoms with Crippen molar-refractivity contribution in [3.63, 3.8) is 0 Å². The molecule has 1 atom stereocenters. The van der Waals surface area contributed by atoms with Crippen molar-refractivity contribution in [2.75, 3.05) is 19.7 Å². The number of hydrogen-bond acceptors (Lipinski definition) is 4. The number of aliphatic hydroxyl groups is 2. The van der Waals surface area contributed by atoms with Crippen LogP contribution in [0.25, 0.3) is 0 Å². The van der Waals surface area contributed by atoms with Gasteiger partial charge < -0.3 is 19.8 Å². The van der Waals surface area contributed by atoms with Crippen molar-refractivity contribution in [3.8, 4) is 0 Å². The van der Waals surface area contributed by atoms with E-state index in [1.54, 1.807) is 11.8 Å². The van der Waals surface area contributed by atoms with Gasteiger partial charge >= 0.3 is 6.09 Å². The Bertz CT molecular complexity index is 288. The van der Waals surface area contributed by atoms with Crippen molar-refractivity contribution in [2.24, 2.45) is 5.92 Å². The Hall–Kier alpha value is -0.810. The van der Waals surface area contributed by atoms with Crippen LogP contribution in [0.2, 0.25) is 0 Å². The summed E-state index contributed by atoms with van der Waals surface area (Å²) in [6.45, 7) is 8.05. The van der Waals surface area contributed by atoms with E-state index in [-0.39, 0.29) is 18.6 Å². The largest absolute Gasteiger partial charge is 0.444 e. The molecule has 1 aliphatic rings. The lowest BCUT2D eigenvalue weighted by Crippen LogP contribution is -2.48. The summed E-state index contributed by atoms with van der Waals surface area (Å²) in [5.74, 6) is 0.0289. The first-order chi connectivity index (χ1) is 8.15. The van der Waals surface area contributed by atoms with Gasteiger partial charge in [-0.3, -0.25) is 0 Å². The second-order valence-electron chi connectivity index (χ2n) is 6.26. The van der Waals surface area contributed by atoms with Gasteiger partial charge in [0, 0.05) is 13.1 Å². The molecule has 0 aromatic heterocycles. The van der Waals surface area contributed by atoms with E-state index in [0.717, 1.165) is 0 Å². The maximum absolute atomic E-state index is 11.8. The lowest BCUT2D eigenvalue weighted by atomic mass is 9.82. The molecule has 1 amide bonds. The van der Waals surface area contributed by atoms with Crippen LogP contribution in [0, 0.1) is 5.92 Å². The monoisotopic (exact) mass is 259 g/mol. The van der Waals surface area contributed by atoms with Crippen LogP contribution in [0.15, 0.2) is 0 Å². The highest BCUT2D eigenvalue weighted by molar-refractivity contribution is 5.68. The number of carbonyl (C=O) groups excluding carboxylic acids is 1. The zero-order valence-electron chi connectivity index (χ0n) is 11.8. The average molecular weight is 259 g/mol. The smallest absolute Gasteiger partial charge is 0.410 e. The highest BCUT2D eigenvalue weighted by Gasteiger charge is 2.35. The third-order valence-electron chi connectivity index (χ3n) is 3.35. The van der Waals surface area contributed by atoms with Gasteiger partial charge in [0.2, 0.25) is 0 Å². The lowest BCUT2D eigenvalue weighted by Gasteiger charge is -2.38. The van der Waals surface area contributed by atoms with Crippen LogP contribution in [-0.4, -0.2) is 52.1 Å². The van der Waals surface area contributed by atoms with Gasteiger partial charge in [0.05, 0.1) is 12.2 Å². The van der Waals surface area contributed by atoms with Gasteiger partial charge in [-0.1, -0.05) is 0 Å². The van der Waals surface area contributed by atoms with Gasteiger partial charge in [-0.2, -0.15) is 0 Å². The molecule has 1 fully saturated rings. The van der Waals surface area contributed by atoms with Gasteiger partial charge in [-0.25, -0.2) is 4.79 Å². The summed E-state index contributed by atoms with van der Waals surface area (Å²) in [6, 6.07) is 0. The molecule has 1 rings (SSSR count). The van der Waals surface area contributed by atoms with Gasteiger partial charge in [-0.15, -0.1) is 0 Å². The fourth-order valence-electron chi connectivity index (χ4n) is 2.14. The van der Waals surface area contributed by atoms with Crippen LogP contribution in [-0.2, 0) is 4.74 Å². The van der Waals surface area contributed by atoms with Crippen LogP contribution in [0.5, 0.6) is 0 Å². The van der Waals surface area contributed by atoms with Crippen LogP contribution in [0.3, 0.4) is 0 Å². The molecular weight excluding hydrogens is 234 g/mol. The van der Waals surface area contributed by atoms with Gasteiger partial charge in [-0.05, 0) is 46.5 Å². The second kappa shape index (κ2) is 5.45. The Balaban J connectivity index is 2.47. The molecular formula is C13H25NO4. The number of nitrogens with zero attached hydrogens (tertiary/aromatic N) is 1. The standard InChI is InChI=1S/C13H25NO4/c1-12(2,3)18-11(16)14-7-5-10(6-8-14)13(4,17)9-15/h10,15,17H,5-9H2,1-4H3/t13-/m1/s1. The molecule has 18 heavy (non-hydrogen) atoms. The Morgan fingerprint density at radius 1 is 1.28 bits per heavy atom. The molecule has 0 aromatic carbocycles. The van der Waals surface area contributed by atoms with E-state index < -0.39 is 11.2 Å². The lowest BCUT2D eigenvalue weighted by molar-refractivity contribution is -0.0666. The molecule has 2 N–H and O–H groups in total. The number of ether oxygens (including phenoxy) is 1. The van der Waals surface area contributed by atoms with Gasteiger partial charge in [0.15, 0.2) is 0 Å². The molecule has 0 aromatic rings. The summed E-state index contributed by atoms with van der Waals surface area (Å²) < 4.78 is 5.30. The molecule has 0 spiro atoms. The summed E-state index contributed by atoms with van der Waals surface area (Å²) >= 11 is 0. The molecule has 0 bridgehead atoms. The fraction of sp³-hybridized carbons (Fsp3) is 0.923. The molecule has 5 heteroatoms. The molecule has 1 aliphatic heterocycles. The highest BCUT2D eigenvalue weighted by atomic mass is 16.6. The van der Waals surface area contributed by atoms with Crippen molar-refractivity contribution in [1.82, 2.24) is 4.90 Å². The van der Waals surface area contributed by atoms with Crippen LogP contribution >= 0.6 is 0 Å². The number of rotatable bonds is 2. The topological polar surface area (TPSA) is 70.0 Å².